The summed E-state index contributed by atoms with van der Waals surface area (Å²) < 4.78 is 0. The summed E-state index contributed by atoms with van der Waals surface area (Å²) in [5.41, 5.74) is 5.63. The first-order valence-corrected chi connectivity index (χ1v) is 9.26. The third kappa shape index (κ3) is 3.48. The molecule has 4 rings (SSSR count). The van der Waals surface area contributed by atoms with Gasteiger partial charge in [-0.25, -0.2) is 4.79 Å². The lowest BCUT2D eigenvalue weighted by molar-refractivity contribution is 0.250. The van der Waals surface area contributed by atoms with Crippen molar-refractivity contribution in [2.45, 2.75) is 6.04 Å². The highest BCUT2D eigenvalue weighted by atomic mass is 16.2. The zero-order chi connectivity index (χ0) is 20.4. The van der Waals surface area contributed by atoms with Gasteiger partial charge in [0, 0.05) is 18.3 Å². The minimum Gasteiger partial charge on any atom is -0.327 e. The molecule has 29 heavy (non-hydrogen) atoms. The zero-order valence-electron chi connectivity index (χ0n) is 15.9. The molecule has 0 spiro atoms. The summed E-state index contributed by atoms with van der Waals surface area (Å²) in [6.45, 7) is 0. The highest BCUT2D eigenvalue weighted by Crippen LogP contribution is 2.42. The van der Waals surface area contributed by atoms with Crippen molar-refractivity contribution < 1.29 is 4.79 Å². The molecule has 6 heteroatoms. The molecule has 0 heterocycles. The lowest BCUT2D eigenvalue weighted by Gasteiger charge is -2.17. The number of nitrogens with zero attached hydrogens (tertiary/aromatic N) is 1. The molecule has 3 aromatic carbocycles. The number of urea groups is 1. The van der Waals surface area contributed by atoms with Gasteiger partial charge in [-0.1, -0.05) is 60.7 Å². The van der Waals surface area contributed by atoms with Crippen LogP contribution in [-0.4, -0.2) is 30.2 Å². The number of hydrogen-bond acceptors (Lipinski definition) is 3. The molecule has 0 bridgehead atoms. The number of anilines is 1. The van der Waals surface area contributed by atoms with Crippen molar-refractivity contribution >= 4 is 23.9 Å². The lowest BCUT2D eigenvalue weighted by atomic mass is 10.1. The number of benzene rings is 3. The topological polar surface area (TPSA) is 92.1 Å². The van der Waals surface area contributed by atoms with E-state index in [1.165, 1.54) is 4.90 Å². The van der Waals surface area contributed by atoms with Crippen LogP contribution in [0.3, 0.4) is 0 Å². The summed E-state index contributed by atoms with van der Waals surface area (Å²) in [5.74, 6) is 0.183. The molecule has 4 N–H and O–H groups in total. The summed E-state index contributed by atoms with van der Waals surface area (Å²) in [4.78, 5) is 14.1. The van der Waals surface area contributed by atoms with Gasteiger partial charge < -0.3 is 15.5 Å². The Bertz CT molecular complexity index is 1060. The highest BCUT2D eigenvalue weighted by Gasteiger charge is 2.29. The van der Waals surface area contributed by atoms with Crippen LogP contribution >= 0.6 is 0 Å². The van der Waals surface area contributed by atoms with Gasteiger partial charge in [-0.05, 0) is 34.4 Å². The fraction of sp³-hybridized carbons (Fsp3) is 0.0870. The van der Waals surface area contributed by atoms with Crippen LogP contribution in [0.4, 0.5) is 10.5 Å². The van der Waals surface area contributed by atoms with Crippen LogP contribution in [-0.2, 0) is 0 Å². The first-order valence-electron chi connectivity index (χ1n) is 9.26. The number of fused-ring (bicyclic) bond motifs is 3. The van der Waals surface area contributed by atoms with Crippen molar-refractivity contribution in [3.05, 3.63) is 89.5 Å². The van der Waals surface area contributed by atoms with Gasteiger partial charge in [0.05, 0.1) is 12.4 Å². The van der Waals surface area contributed by atoms with E-state index >= 15 is 0 Å². The second-order valence-corrected chi connectivity index (χ2v) is 6.88. The van der Waals surface area contributed by atoms with Crippen LogP contribution in [0.2, 0.25) is 0 Å². The standard InChI is InChI=1S/C23H21N5O/c1-28(14-24)22(25)15-7-6-8-16(13-15)26-23(29)27-21-19-11-4-2-9-17(19)18-10-3-5-12-20(18)21/h2-14,21,24-25H,1H3,(H2,26,27,29). The molecular weight excluding hydrogens is 362 g/mol. The second kappa shape index (κ2) is 7.59. The van der Waals surface area contributed by atoms with Gasteiger partial charge in [-0.3, -0.25) is 10.8 Å². The molecule has 1 aliphatic carbocycles. The molecule has 0 aliphatic heterocycles. The van der Waals surface area contributed by atoms with E-state index in [1.807, 2.05) is 36.4 Å². The maximum atomic E-state index is 12.7. The van der Waals surface area contributed by atoms with Gasteiger partial charge in [0.15, 0.2) is 0 Å². The van der Waals surface area contributed by atoms with Crippen molar-refractivity contribution in [2.24, 2.45) is 0 Å². The maximum absolute atomic E-state index is 12.7. The Kier molecular flexibility index (Phi) is 4.83. The van der Waals surface area contributed by atoms with Gasteiger partial charge in [0.1, 0.15) is 5.84 Å². The van der Waals surface area contributed by atoms with Crippen molar-refractivity contribution in [3.63, 3.8) is 0 Å². The molecule has 0 fully saturated rings. The molecule has 0 saturated carbocycles. The lowest BCUT2D eigenvalue weighted by Crippen LogP contribution is -2.32. The summed E-state index contributed by atoms with van der Waals surface area (Å²) in [7, 11) is 1.64. The van der Waals surface area contributed by atoms with E-state index < -0.39 is 0 Å². The fourth-order valence-corrected chi connectivity index (χ4v) is 3.62. The van der Waals surface area contributed by atoms with Crippen molar-refractivity contribution in [2.75, 3.05) is 12.4 Å². The van der Waals surface area contributed by atoms with Crippen molar-refractivity contribution in [1.82, 2.24) is 10.2 Å². The van der Waals surface area contributed by atoms with E-state index in [0.717, 1.165) is 28.6 Å². The van der Waals surface area contributed by atoms with E-state index in [1.54, 1.807) is 31.3 Å². The molecule has 2 amide bonds. The number of carbonyl (C=O) groups is 1. The van der Waals surface area contributed by atoms with E-state index in [4.69, 9.17) is 10.8 Å². The SMILES string of the molecule is CN(C=N)C(=N)c1cccc(NC(=O)NC2c3ccccc3-c3ccccc32)c1. The minimum atomic E-state index is -0.314. The Morgan fingerprint density at radius 1 is 0.966 bits per heavy atom. The van der Waals surface area contributed by atoms with E-state index in [-0.39, 0.29) is 17.9 Å². The normalized spacial score (nSPS) is 11.9. The predicted octanol–water partition coefficient (Wildman–Crippen LogP) is 4.44. The second-order valence-electron chi connectivity index (χ2n) is 6.88. The molecule has 0 saturated heterocycles. The van der Waals surface area contributed by atoms with E-state index in [9.17, 15) is 4.79 Å². The van der Waals surface area contributed by atoms with Crippen molar-refractivity contribution in [3.8, 4) is 11.1 Å². The molecule has 144 valence electrons. The Morgan fingerprint density at radius 3 is 2.21 bits per heavy atom. The first kappa shape index (κ1) is 18.4. The van der Waals surface area contributed by atoms with E-state index in [0.29, 0.717) is 11.3 Å². The highest BCUT2D eigenvalue weighted by molar-refractivity contribution is 6.03. The van der Waals surface area contributed by atoms with Crippen molar-refractivity contribution in [1.29, 1.82) is 10.8 Å². The predicted molar refractivity (Wildman–Crippen MR) is 116 cm³/mol. The molecule has 0 unspecified atom stereocenters. The third-order valence-electron chi connectivity index (χ3n) is 5.05. The van der Waals surface area contributed by atoms with Gasteiger partial charge in [0.2, 0.25) is 0 Å². The first-order chi connectivity index (χ1) is 14.1. The number of nitrogens with one attached hydrogen (secondary N) is 4. The fourth-order valence-electron chi connectivity index (χ4n) is 3.62. The number of carbonyl (C=O) groups excluding carboxylic acids is 1. The number of amidine groups is 1. The van der Waals surface area contributed by atoms with E-state index in [2.05, 4.69) is 22.8 Å². The number of amides is 2. The van der Waals surface area contributed by atoms with Crippen LogP contribution in [0.25, 0.3) is 11.1 Å². The average molecular weight is 383 g/mol. The van der Waals surface area contributed by atoms with Crippen LogP contribution in [0, 0.1) is 10.8 Å². The van der Waals surface area contributed by atoms with Crippen LogP contribution < -0.4 is 10.6 Å². The van der Waals surface area contributed by atoms with Gasteiger partial charge >= 0.3 is 6.03 Å². The monoisotopic (exact) mass is 383 g/mol. The van der Waals surface area contributed by atoms with Crippen LogP contribution in [0.1, 0.15) is 22.7 Å². The zero-order valence-corrected chi connectivity index (χ0v) is 15.9. The Labute approximate surface area is 169 Å². The maximum Gasteiger partial charge on any atom is 0.319 e. The van der Waals surface area contributed by atoms with Gasteiger partial charge in [0.25, 0.3) is 0 Å². The quantitative estimate of drug-likeness (QED) is 0.396. The van der Waals surface area contributed by atoms with Gasteiger partial charge in [-0.15, -0.1) is 0 Å². The Hall–Kier alpha value is -3.93. The minimum absolute atomic E-state index is 0.183. The largest absolute Gasteiger partial charge is 0.327 e. The molecule has 6 nitrogen and oxygen atoms in total. The number of hydrogen-bond donors (Lipinski definition) is 4. The van der Waals surface area contributed by atoms with Crippen LogP contribution in [0.15, 0.2) is 72.8 Å². The summed E-state index contributed by atoms with van der Waals surface area (Å²) >= 11 is 0. The molecule has 1 aliphatic rings. The molecule has 0 aromatic heterocycles. The van der Waals surface area contributed by atoms with Gasteiger partial charge in [-0.2, -0.15) is 0 Å². The summed E-state index contributed by atoms with van der Waals surface area (Å²) in [6, 6.07) is 22.7. The summed E-state index contributed by atoms with van der Waals surface area (Å²) in [6.07, 6.45) is 1.07. The third-order valence-corrected chi connectivity index (χ3v) is 5.05. The Balaban J connectivity index is 1.54. The Morgan fingerprint density at radius 2 is 1.59 bits per heavy atom. The average Bonchev–Trinajstić information content (AvgIpc) is 3.07. The van der Waals surface area contributed by atoms with Crippen LogP contribution in [0.5, 0.6) is 0 Å². The smallest absolute Gasteiger partial charge is 0.319 e. The summed E-state index contributed by atoms with van der Waals surface area (Å²) in [5, 5.41) is 21.3. The molecular formula is C23H21N5O. The number of rotatable bonds is 4. The molecule has 0 atom stereocenters. The molecule has 3 aromatic rings. The molecule has 0 radical (unpaired) electrons.